The standard InChI is InChI=1S/C15H31FO/c1-3-4-5-6-7-8-9-10-11-12-13-15(2,16)14-17/h17H,3-14H2,1-2H3. The van der Waals surface area contributed by atoms with Crippen molar-refractivity contribution in [2.24, 2.45) is 0 Å². The van der Waals surface area contributed by atoms with Gasteiger partial charge >= 0.3 is 0 Å². The molecule has 0 aromatic heterocycles. The van der Waals surface area contributed by atoms with E-state index in [1.165, 1.54) is 58.3 Å². The van der Waals surface area contributed by atoms with Crippen molar-refractivity contribution in [3.8, 4) is 0 Å². The fourth-order valence-corrected chi connectivity index (χ4v) is 2.06. The maximum absolute atomic E-state index is 13.3. The van der Waals surface area contributed by atoms with Gasteiger partial charge in [0, 0.05) is 0 Å². The zero-order valence-corrected chi connectivity index (χ0v) is 11.8. The van der Waals surface area contributed by atoms with Crippen LogP contribution in [0.2, 0.25) is 0 Å². The molecule has 0 fully saturated rings. The predicted molar refractivity (Wildman–Crippen MR) is 73.1 cm³/mol. The molecule has 0 saturated carbocycles. The molecule has 0 aliphatic rings. The van der Waals surface area contributed by atoms with Crippen LogP contribution in [0.25, 0.3) is 0 Å². The lowest BCUT2D eigenvalue weighted by Gasteiger charge is -2.16. The van der Waals surface area contributed by atoms with Gasteiger partial charge in [0.05, 0.1) is 6.61 Å². The van der Waals surface area contributed by atoms with Crippen LogP contribution in [0.4, 0.5) is 4.39 Å². The highest BCUT2D eigenvalue weighted by atomic mass is 19.1. The third-order valence-corrected chi connectivity index (χ3v) is 3.38. The molecule has 0 rings (SSSR count). The number of alkyl halides is 1. The summed E-state index contributed by atoms with van der Waals surface area (Å²) in [6.45, 7) is 3.39. The molecule has 17 heavy (non-hydrogen) atoms. The van der Waals surface area contributed by atoms with Crippen LogP contribution in [-0.4, -0.2) is 17.4 Å². The van der Waals surface area contributed by atoms with Gasteiger partial charge in [0.2, 0.25) is 0 Å². The van der Waals surface area contributed by atoms with Crippen LogP contribution < -0.4 is 0 Å². The van der Waals surface area contributed by atoms with Gasteiger partial charge in [-0.05, 0) is 13.3 Å². The molecule has 1 N–H and O–H groups in total. The molecule has 0 aliphatic heterocycles. The lowest BCUT2D eigenvalue weighted by atomic mass is 10.00. The Labute approximate surface area is 107 Å². The summed E-state index contributed by atoms with van der Waals surface area (Å²) in [6.07, 6.45) is 13.1. The van der Waals surface area contributed by atoms with Gasteiger partial charge in [0.15, 0.2) is 0 Å². The number of rotatable bonds is 12. The average Bonchev–Trinajstić information content (AvgIpc) is 2.31. The number of aliphatic hydroxyl groups excluding tert-OH is 1. The normalized spacial score (nSPS) is 14.8. The van der Waals surface area contributed by atoms with Gasteiger partial charge in [-0.25, -0.2) is 4.39 Å². The van der Waals surface area contributed by atoms with Crippen molar-refractivity contribution in [1.29, 1.82) is 0 Å². The largest absolute Gasteiger partial charge is 0.393 e. The molecule has 0 aliphatic carbocycles. The highest BCUT2D eigenvalue weighted by molar-refractivity contribution is 4.70. The molecule has 0 radical (unpaired) electrons. The van der Waals surface area contributed by atoms with Crippen molar-refractivity contribution in [2.75, 3.05) is 6.61 Å². The molecule has 0 aromatic rings. The van der Waals surface area contributed by atoms with E-state index in [-0.39, 0.29) is 6.61 Å². The minimum absolute atomic E-state index is 0.343. The van der Waals surface area contributed by atoms with Gasteiger partial charge < -0.3 is 5.11 Å². The quantitative estimate of drug-likeness (QED) is 0.479. The van der Waals surface area contributed by atoms with Crippen molar-refractivity contribution in [2.45, 2.75) is 90.1 Å². The Balaban J connectivity index is 3.09. The molecule has 0 aromatic carbocycles. The summed E-state index contributed by atoms with van der Waals surface area (Å²) < 4.78 is 13.3. The summed E-state index contributed by atoms with van der Waals surface area (Å²) in [7, 11) is 0. The maximum Gasteiger partial charge on any atom is 0.131 e. The first-order valence-corrected chi connectivity index (χ1v) is 7.42. The number of hydrogen-bond acceptors (Lipinski definition) is 1. The van der Waals surface area contributed by atoms with Crippen LogP contribution in [0.15, 0.2) is 0 Å². The first kappa shape index (κ1) is 16.9. The minimum Gasteiger partial charge on any atom is -0.393 e. The molecule has 2 heteroatoms. The first-order valence-electron chi connectivity index (χ1n) is 7.42. The molecule has 0 bridgehead atoms. The summed E-state index contributed by atoms with van der Waals surface area (Å²) in [5.74, 6) is 0. The van der Waals surface area contributed by atoms with E-state index in [2.05, 4.69) is 6.92 Å². The molecule has 0 amide bonds. The number of halogens is 1. The van der Waals surface area contributed by atoms with Gasteiger partial charge in [-0.15, -0.1) is 0 Å². The van der Waals surface area contributed by atoms with Gasteiger partial charge in [-0.1, -0.05) is 71.1 Å². The lowest BCUT2D eigenvalue weighted by Crippen LogP contribution is -2.22. The molecule has 1 atom stereocenters. The second-order valence-corrected chi connectivity index (χ2v) is 5.50. The van der Waals surface area contributed by atoms with Crippen LogP contribution >= 0.6 is 0 Å². The van der Waals surface area contributed by atoms with E-state index >= 15 is 0 Å². The lowest BCUT2D eigenvalue weighted by molar-refractivity contribution is 0.0772. The van der Waals surface area contributed by atoms with E-state index < -0.39 is 5.67 Å². The summed E-state index contributed by atoms with van der Waals surface area (Å²) in [5.41, 5.74) is -1.36. The number of hydrogen-bond donors (Lipinski definition) is 1. The average molecular weight is 246 g/mol. The molecular weight excluding hydrogens is 215 g/mol. The Morgan fingerprint density at radius 2 is 1.24 bits per heavy atom. The Hall–Kier alpha value is -0.110. The second-order valence-electron chi connectivity index (χ2n) is 5.50. The van der Waals surface area contributed by atoms with Crippen molar-refractivity contribution >= 4 is 0 Å². The highest BCUT2D eigenvalue weighted by Crippen LogP contribution is 2.19. The van der Waals surface area contributed by atoms with Gasteiger partial charge in [0.1, 0.15) is 5.67 Å². The Kier molecular flexibility index (Phi) is 10.9. The van der Waals surface area contributed by atoms with Crippen LogP contribution in [0.3, 0.4) is 0 Å². The molecule has 0 saturated heterocycles. The van der Waals surface area contributed by atoms with Crippen molar-refractivity contribution in [1.82, 2.24) is 0 Å². The molecule has 1 unspecified atom stereocenters. The Bertz CT molecular complexity index is 157. The van der Waals surface area contributed by atoms with E-state index in [1.54, 1.807) is 0 Å². The monoisotopic (exact) mass is 246 g/mol. The van der Waals surface area contributed by atoms with Gasteiger partial charge in [-0.3, -0.25) is 0 Å². The predicted octanol–water partition coefficient (Wildman–Crippen LogP) is 5.02. The van der Waals surface area contributed by atoms with Crippen LogP contribution in [0.1, 0.15) is 84.5 Å². The zero-order chi connectivity index (χ0) is 13.0. The molecule has 104 valence electrons. The second kappa shape index (κ2) is 11.0. The molecular formula is C15H31FO. The SMILES string of the molecule is CCCCCCCCCCCCC(C)(F)CO. The van der Waals surface area contributed by atoms with E-state index in [9.17, 15) is 4.39 Å². The number of aliphatic hydroxyl groups is 1. The topological polar surface area (TPSA) is 20.2 Å². The minimum atomic E-state index is -1.36. The van der Waals surface area contributed by atoms with Crippen molar-refractivity contribution in [3.05, 3.63) is 0 Å². The molecule has 1 nitrogen and oxygen atoms in total. The summed E-state index contributed by atoms with van der Waals surface area (Å²) in [4.78, 5) is 0. The van der Waals surface area contributed by atoms with Crippen molar-refractivity contribution in [3.63, 3.8) is 0 Å². The van der Waals surface area contributed by atoms with E-state index in [0.29, 0.717) is 6.42 Å². The first-order chi connectivity index (χ1) is 8.12. The van der Waals surface area contributed by atoms with Crippen LogP contribution in [-0.2, 0) is 0 Å². The molecule has 0 spiro atoms. The summed E-state index contributed by atoms with van der Waals surface area (Å²) >= 11 is 0. The smallest absolute Gasteiger partial charge is 0.131 e. The molecule has 0 heterocycles. The highest BCUT2D eigenvalue weighted by Gasteiger charge is 2.20. The number of unbranched alkanes of at least 4 members (excludes halogenated alkanes) is 9. The van der Waals surface area contributed by atoms with E-state index in [0.717, 1.165) is 12.8 Å². The van der Waals surface area contributed by atoms with Gasteiger partial charge in [-0.2, -0.15) is 0 Å². The fraction of sp³-hybridized carbons (Fsp3) is 1.00. The van der Waals surface area contributed by atoms with E-state index in [1.807, 2.05) is 0 Å². The fourth-order valence-electron chi connectivity index (χ4n) is 2.06. The summed E-state index contributed by atoms with van der Waals surface area (Å²) in [5, 5.41) is 8.76. The maximum atomic E-state index is 13.3. The summed E-state index contributed by atoms with van der Waals surface area (Å²) in [6, 6.07) is 0. The van der Waals surface area contributed by atoms with Crippen LogP contribution in [0.5, 0.6) is 0 Å². The van der Waals surface area contributed by atoms with Gasteiger partial charge in [0.25, 0.3) is 0 Å². The Morgan fingerprint density at radius 3 is 1.65 bits per heavy atom. The third-order valence-electron chi connectivity index (χ3n) is 3.38. The third kappa shape index (κ3) is 12.1. The van der Waals surface area contributed by atoms with Crippen LogP contribution in [0, 0.1) is 0 Å². The Morgan fingerprint density at radius 1 is 0.824 bits per heavy atom. The zero-order valence-electron chi connectivity index (χ0n) is 11.8. The van der Waals surface area contributed by atoms with Crippen molar-refractivity contribution < 1.29 is 9.50 Å². The van der Waals surface area contributed by atoms with E-state index in [4.69, 9.17) is 5.11 Å².